The molecule has 1 saturated heterocycles. The molecule has 2 heterocycles. The summed E-state index contributed by atoms with van der Waals surface area (Å²) in [5.41, 5.74) is 0.0813. The Kier molecular flexibility index (Phi) is 6.36. The first-order chi connectivity index (χ1) is 12.8. The van der Waals surface area contributed by atoms with Gasteiger partial charge >= 0.3 is 13.2 Å². The second-order valence-electron chi connectivity index (χ2n) is 8.79. The van der Waals surface area contributed by atoms with Crippen molar-refractivity contribution in [3.8, 4) is 0 Å². The van der Waals surface area contributed by atoms with E-state index in [0.29, 0.717) is 16.6 Å². The first-order valence-corrected chi connectivity index (χ1v) is 9.27. The SMILES string of the molecule is CC(C)(C)OC(=O)NCC(=Cc1cnccc1C=O)B1OC(C)(C)C(C)(C)O1. The molecule has 1 aliphatic rings. The summed E-state index contributed by atoms with van der Waals surface area (Å²) in [5.74, 6) is 0. The summed E-state index contributed by atoms with van der Waals surface area (Å²) in [6, 6.07) is 1.63. The van der Waals surface area contributed by atoms with Crippen LogP contribution in [0.1, 0.15) is 64.4 Å². The van der Waals surface area contributed by atoms with Crippen molar-refractivity contribution in [3.05, 3.63) is 35.1 Å². The molecule has 1 aromatic rings. The van der Waals surface area contributed by atoms with Crippen LogP contribution in [0.5, 0.6) is 0 Å². The fourth-order valence-corrected chi connectivity index (χ4v) is 2.53. The fraction of sp³-hybridized carbons (Fsp3) is 0.550. The van der Waals surface area contributed by atoms with Crippen molar-refractivity contribution in [1.82, 2.24) is 10.3 Å². The second-order valence-corrected chi connectivity index (χ2v) is 8.79. The van der Waals surface area contributed by atoms with Gasteiger partial charge in [-0.05, 0) is 60.0 Å². The van der Waals surface area contributed by atoms with Gasteiger partial charge in [-0.1, -0.05) is 6.08 Å². The van der Waals surface area contributed by atoms with Gasteiger partial charge in [0.25, 0.3) is 0 Å². The lowest BCUT2D eigenvalue weighted by molar-refractivity contribution is 0.00578. The molecule has 1 amide bonds. The lowest BCUT2D eigenvalue weighted by Crippen LogP contribution is -2.41. The first kappa shape index (κ1) is 22.1. The molecule has 0 spiro atoms. The summed E-state index contributed by atoms with van der Waals surface area (Å²) in [7, 11) is -0.681. The predicted molar refractivity (Wildman–Crippen MR) is 108 cm³/mol. The van der Waals surface area contributed by atoms with Gasteiger partial charge in [-0.3, -0.25) is 9.78 Å². The Hall–Kier alpha value is -2.19. The van der Waals surface area contributed by atoms with E-state index in [0.717, 1.165) is 6.29 Å². The molecule has 0 unspecified atom stereocenters. The molecule has 152 valence electrons. The number of pyridine rings is 1. The van der Waals surface area contributed by atoms with E-state index >= 15 is 0 Å². The summed E-state index contributed by atoms with van der Waals surface area (Å²) in [5, 5.41) is 2.73. The smallest absolute Gasteiger partial charge is 0.444 e. The maximum absolute atomic E-state index is 12.1. The van der Waals surface area contributed by atoms with E-state index in [4.69, 9.17) is 14.0 Å². The van der Waals surface area contributed by atoms with Gasteiger partial charge in [0.15, 0.2) is 6.29 Å². The third kappa shape index (κ3) is 5.42. The van der Waals surface area contributed by atoms with Crippen LogP contribution in [0.15, 0.2) is 23.9 Å². The predicted octanol–water partition coefficient (Wildman–Crippen LogP) is 3.43. The minimum absolute atomic E-state index is 0.138. The molecule has 0 aromatic carbocycles. The number of alkyl carbamates (subject to hydrolysis) is 1. The zero-order chi connectivity index (χ0) is 21.2. The minimum Gasteiger partial charge on any atom is -0.444 e. The number of nitrogens with one attached hydrogen (secondary N) is 1. The summed E-state index contributed by atoms with van der Waals surface area (Å²) >= 11 is 0. The molecular formula is C20H29BN2O5. The number of carbonyl (C=O) groups is 2. The second kappa shape index (κ2) is 8.05. The number of aldehydes is 1. The molecule has 2 rings (SSSR count). The van der Waals surface area contributed by atoms with Crippen LogP contribution in [0.2, 0.25) is 0 Å². The Morgan fingerprint density at radius 2 is 1.82 bits per heavy atom. The maximum atomic E-state index is 12.1. The quantitative estimate of drug-likeness (QED) is 0.614. The number of rotatable bonds is 5. The Morgan fingerprint density at radius 1 is 1.21 bits per heavy atom. The standard InChI is InChI=1S/C20H29BN2O5/c1-18(2,3)26-17(25)23-12-16(10-15-11-22-9-8-14(15)13-24)21-27-19(4,5)20(6,7)28-21/h8-11,13H,12H2,1-7H3,(H,23,25). The lowest BCUT2D eigenvalue weighted by Gasteiger charge is -2.32. The molecule has 1 aromatic heterocycles. The van der Waals surface area contributed by atoms with Gasteiger partial charge < -0.3 is 19.4 Å². The van der Waals surface area contributed by atoms with E-state index in [2.05, 4.69) is 10.3 Å². The molecular weight excluding hydrogens is 359 g/mol. The molecule has 0 atom stereocenters. The molecule has 1 aliphatic heterocycles. The van der Waals surface area contributed by atoms with Crippen molar-refractivity contribution in [2.75, 3.05) is 6.54 Å². The number of aromatic nitrogens is 1. The van der Waals surface area contributed by atoms with E-state index in [1.165, 1.54) is 0 Å². The number of hydrogen-bond donors (Lipinski definition) is 1. The van der Waals surface area contributed by atoms with Crippen LogP contribution in [0.3, 0.4) is 0 Å². The van der Waals surface area contributed by atoms with Crippen molar-refractivity contribution in [3.63, 3.8) is 0 Å². The molecule has 1 fully saturated rings. The number of ether oxygens (including phenoxy) is 1. The number of amides is 1. The van der Waals surface area contributed by atoms with Gasteiger partial charge in [0.05, 0.1) is 11.2 Å². The van der Waals surface area contributed by atoms with Crippen LogP contribution in [0, 0.1) is 0 Å². The molecule has 28 heavy (non-hydrogen) atoms. The Balaban J connectivity index is 2.30. The Bertz CT molecular complexity index is 752. The van der Waals surface area contributed by atoms with E-state index in [1.807, 2.05) is 27.7 Å². The lowest BCUT2D eigenvalue weighted by atomic mass is 9.76. The van der Waals surface area contributed by atoms with Gasteiger partial charge in [-0.15, -0.1) is 0 Å². The molecule has 7 nitrogen and oxygen atoms in total. The molecule has 8 heteroatoms. The molecule has 0 bridgehead atoms. The van der Waals surface area contributed by atoms with Crippen molar-refractivity contribution in [1.29, 1.82) is 0 Å². The summed E-state index contributed by atoms with van der Waals surface area (Å²) in [6.45, 7) is 13.3. The number of nitrogens with zero attached hydrogens (tertiary/aromatic N) is 1. The third-order valence-corrected chi connectivity index (χ3v) is 4.75. The van der Waals surface area contributed by atoms with E-state index in [9.17, 15) is 9.59 Å². The Labute approximate surface area is 167 Å². The van der Waals surface area contributed by atoms with E-state index < -0.39 is 30.0 Å². The topological polar surface area (TPSA) is 86.8 Å². The van der Waals surface area contributed by atoms with Gasteiger partial charge in [0, 0.05) is 30.1 Å². The van der Waals surface area contributed by atoms with Gasteiger partial charge in [-0.2, -0.15) is 0 Å². The van der Waals surface area contributed by atoms with Crippen LogP contribution in [-0.2, 0) is 14.0 Å². The van der Waals surface area contributed by atoms with Crippen molar-refractivity contribution in [2.45, 2.75) is 65.3 Å². The van der Waals surface area contributed by atoms with Gasteiger partial charge in [0.1, 0.15) is 5.60 Å². The summed E-state index contributed by atoms with van der Waals surface area (Å²) < 4.78 is 17.5. The number of hydrogen-bond acceptors (Lipinski definition) is 6. The Morgan fingerprint density at radius 3 is 2.36 bits per heavy atom. The van der Waals surface area contributed by atoms with Gasteiger partial charge in [0.2, 0.25) is 0 Å². The van der Waals surface area contributed by atoms with Crippen molar-refractivity contribution in [2.24, 2.45) is 0 Å². The zero-order valence-corrected chi connectivity index (χ0v) is 17.7. The highest BCUT2D eigenvalue weighted by molar-refractivity contribution is 6.56. The van der Waals surface area contributed by atoms with Crippen molar-refractivity contribution >= 4 is 25.6 Å². The minimum atomic E-state index is -0.681. The maximum Gasteiger partial charge on any atom is 0.492 e. The molecule has 0 radical (unpaired) electrons. The van der Waals surface area contributed by atoms with Crippen molar-refractivity contribution < 1.29 is 23.6 Å². The summed E-state index contributed by atoms with van der Waals surface area (Å²) in [4.78, 5) is 27.5. The summed E-state index contributed by atoms with van der Waals surface area (Å²) in [6.07, 6.45) is 5.11. The largest absolute Gasteiger partial charge is 0.492 e. The van der Waals surface area contributed by atoms with E-state index in [1.54, 1.807) is 45.3 Å². The normalized spacial score (nSPS) is 18.7. The molecule has 0 aliphatic carbocycles. The number of carbonyl (C=O) groups excluding carboxylic acids is 2. The zero-order valence-electron chi connectivity index (χ0n) is 17.7. The first-order valence-electron chi connectivity index (χ1n) is 9.27. The molecule has 0 saturated carbocycles. The highest BCUT2D eigenvalue weighted by Crippen LogP contribution is 2.38. The molecule has 1 N–H and O–H groups in total. The fourth-order valence-electron chi connectivity index (χ4n) is 2.53. The average Bonchev–Trinajstić information content (AvgIpc) is 2.78. The highest BCUT2D eigenvalue weighted by atomic mass is 16.7. The van der Waals surface area contributed by atoms with E-state index in [-0.39, 0.29) is 6.54 Å². The highest BCUT2D eigenvalue weighted by Gasteiger charge is 2.52. The monoisotopic (exact) mass is 388 g/mol. The van der Waals surface area contributed by atoms with Crippen LogP contribution < -0.4 is 5.32 Å². The average molecular weight is 388 g/mol. The van der Waals surface area contributed by atoms with Crippen LogP contribution >= 0.6 is 0 Å². The van der Waals surface area contributed by atoms with Crippen LogP contribution in [0.4, 0.5) is 4.79 Å². The van der Waals surface area contributed by atoms with Crippen LogP contribution in [-0.4, -0.2) is 47.8 Å². The van der Waals surface area contributed by atoms with Crippen LogP contribution in [0.25, 0.3) is 6.08 Å². The van der Waals surface area contributed by atoms with Gasteiger partial charge in [-0.25, -0.2) is 4.79 Å². The third-order valence-electron chi connectivity index (χ3n) is 4.75.